The smallest absolute Gasteiger partial charge is 0.220 e. The molecular weight excluding hydrogens is 275 g/mol. The van der Waals surface area contributed by atoms with Crippen LogP contribution in [0.2, 0.25) is 5.02 Å². The summed E-state index contributed by atoms with van der Waals surface area (Å²) in [6, 6.07) is 5.31. The Hall–Kier alpha value is -0.970. The van der Waals surface area contributed by atoms with Crippen molar-refractivity contribution in [2.45, 2.75) is 19.4 Å². The maximum absolute atomic E-state index is 11.4. The van der Waals surface area contributed by atoms with Crippen molar-refractivity contribution in [3.63, 3.8) is 0 Å². The molecule has 1 aromatic carbocycles. The SMILES string of the molecule is COc1ccc(Cl)cc1CNC(=O)CCCN.Cl. The maximum Gasteiger partial charge on any atom is 0.220 e. The minimum Gasteiger partial charge on any atom is -0.496 e. The van der Waals surface area contributed by atoms with Crippen molar-refractivity contribution >= 4 is 29.9 Å². The number of hydrogen-bond donors (Lipinski definition) is 2. The maximum atomic E-state index is 11.4. The molecule has 0 atom stereocenters. The second-order valence-electron chi connectivity index (χ2n) is 3.63. The van der Waals surface area contributed by atoms with E-state index < -0.39 is 0 Å². The van der Waals surface area contributed by atoms with Gasteiger partial charge in [0.15, 0.2) is 0 Å². The lowest BCUT2D eigenvalue weighted by Gasteiger charge is -2.10. The van der Waals surface area contributed by atoms with Gasteiger partial charge < -0.3 is 15.8 Å². The standard InChI is InChI=1S/C12H17ClN2O2.ClH/c1-17-11-5-4-10(13)7-9(11)8-15-12(16)3-2-6-14;/h4-5,7H,2-3,6,8,14H2,1H3,(H,15,16);1H. The number of carbonyl (C=O) groups is 1. The molecule has 18 heavy (non-hydrogen) atoms. The summed E-state index contributed by atoms with van der Waals surface area (Å²) >= 11 is 5.89. The fourth-order valence-electron chi connectivity index (χ4n) is 1.43. The fraction of sp³-hybridized carbons (Fsp3) is 0.417. The van der Waals surface area contributed by atoms with Gasteiger partial charge in [0.25, 0.3) is 0 Å². The number of nitrogens with one attached hydrogen (secondary N) is 1. The Labute approximate surface area is 118 Å². The number of hydrogen-bond acceptors (Lipinski definition) is 3. The van der Waals surface area contributed by atoms with Crippen LogP contribution in [0.1, 0.15) is 18.4 Å². The molecule has 6 heteroatoms. The van der Waals surface area contributed by atoms with Gasteiger partial charge in [-0.15, -0.1) is 12.4 Å². The van der Waals surface area contributed by atoms with Gasteiger partial charge in [0.05, 0.1) is 7.11 Å². The summed E-state index contributed by atoms with van der Waals surface area (Å²) in [6.07, 6.45) is 1.14. The fourth-order valence-corrected chi connectivity index (χ4v) is 1.62. The number of nitrogens with two attached hydrogens (primary N) is 1. The van der Waals surface area contributed by atoms with Gasteiger partial charge in [0, 0.05) is 23.6 Å². The summed E-state index contributed by atoms with van der Waals surface area (Å²) in [4.78, 5) is 11.4. The van der Waals surface area contributed by atoms with E-state index in [9.17, 15) is 4.79 Å². The molecular formula is C12H18Cl2N2O2. The van der Waals surface area contributed by atoms with Crippen molar-refractivity contribution in [1.29, 1.82) is 0 Å². The molecule has 0 aliphatic heterocycles. The van der Waals surface area contributed by atoms with Gasteiger partial charge in [-0.2, -0.15) is 0 Å². The van der Waals surface area contributed by atoms with Crippen LogP contribution in [-0.2, 0) is 11.3 Å². The molecule has 0 unspecified atom stereocenters. The topological polar surface area (TPSA) is 64.3 Å². The van der Waals surface area contributed by atoms with Crippen molar-refractivity contribution in [3.8, 4) is 5.75 Å². The third-order valence-electron chi connectivity index (χ3n) is 2.33. The number of amides is 1. The van der Waals surface area contributed by atoms with E-state index in [0.29, 0.717) is 36.7 Å². The van der Waals surface area contributed by atoms with E-state index in [1.165, 1.54) is 0 Å². The van der Waals surface area contributed by atoms with E-state index in [2.05, 4.69) is 5.32 Å². The molecule has 0 aromatic heterocycles. The first-order chi connectivity index (χ1) is 8.17. The summed E-state index contributed by atoms with van der Waals surface area (Å²) in [5.74, 6) is 0.700. The van der Waals surface area contributed by atoms with Crippen LogP contribution in [-0.4, -0.2) is 19.6 Å². The zero-order valence-corrected chi connectivity index (χ0v) is 11.8. The van der Waals surface area contributed by atoms with Gasteiger partial charge in [0.2, 0.25) is 5.91 Å². The van der Waals surface area contributed by atoms with Gasteiger partial charge >= 0.3 is 0 Å². The Kier molecular flexibility index (Phi) is 8.54. The second kappa shape index (κ2) is 9.03. The number of ether oxygens (including phenoxy) is 1. The molecule has 3 N–H and O–H groups in total. The Morgan fingerprint density at radius 3 is 2.83 bits per heavy atom. The molecule has 4 nitrogen and oxygen atoms in total. The molecule has 1 aromatic rings. The third kappa shape index (κ3) is 5.58. The monoisotopic (exact) mass is 292 g/mol. The van der Waals surface area contributed by atoms with E-state index in [0.717, 1.165) is 5.56 Å². The van der Waals surface area contributed by atoms with E-state index in [1.54, 1.807) is 25.3 Å². The van der Waals surface area contributed by atoms with Gasteiger partial charge in [0.1, 0.15) is 5.75 Å². The molecule has 0 radical (unpaired) electrons. The van der Waals surface area contributed by atoms with Crippen molar-refractivity contribution in [2.75, 3.05) is 13.7 Å². The third-order valence-corrected chi connectivity index (χ3v) is 2.56. The molecule has 0 spiro atoms. The van der Waals surface area contributed by atoms with Gasteiger partial charge in [-0.05, 0) is 31.2 Å². The molecule has 102 valence electrons. The lowest BCUT2D eigenvalue weighted by atomic mass is 10.2. The predicted octanol–water partition coefficient (Wildman–Crippen LogP) is 2.13. The van der Waals surface area contributed by atoms with Crippen LogP contribution in [0.5, 0.6) is 5.75 Å². The van der Waals surface area contributed by atoms with Gasteiger partial charge in [-0.1, -0.05) is 11.6 Å². The first kappa shape index (κ1) is 17.0. The van der Waals surface area contributed by atoms with Crippen LogP contribution >= 0.6 is 24.0 Å². The Balaban J connectivity index is 0.00000289. The Morgan fingerprint density at radius 1 is 1.50 bits per heavy atom. The number of carbonyl (C=O) groups excluding carboxylic acids is 1. The number of rotatable bonds is 6. The zero-order chi connectivity index (χ0) is 12.7. The highest BCUT2D eigenvalue weighted by Crippen LogP contribution is 2.22. The highest BCUT2D eigenvalue weighted by Gasteiger charge is 2.06. The molecule has 0 heterocycles. The largest absolute Gasteiger partial charge is 0.496 e. The first-order valence-corrected chi connectivity index (χ1v) is 5.84. The molecule has 0 fully saturated rings. The van der Waals surface area contributed by atoms with Crippen molar-refractivity contribution in [2.24, 2.45) is 5.73 Å². The lowest BCUT2D eigenvalue weighted by molar-refractivity contribution is -0.121. The van der Waals surface area contributed by atoms with E-state index in [1.807, 2.05) is 0 Å². The van der Waals surface area contributed by atoms with Crippen LogP contribution < -0.4 is 15.8 Å². The minimum absolute atomic E-state index is 0. The summed E-state index contributed by atoms with van der Waals surface area (Å²) in [5, 5.41) is 3.42. The molecule has 1 amide bonds. The number of methoxy groups -OCH3 is 1. The summed E-state index contributed by atoms with van der Waals surface area (Å²) in [6.45, 7) is 0.932. The molecule has 0 aliphatic rings. The Bertz CT molecular complexity index is 386. The van der Waals surface area contributed by atoms with Crippen molar-refractivity contribution in [3.05, 3.63) is 28.8 Å². The van der Waals surface area contributed by atoms with Crippen molar-refractivity contribution in [1.82, 2.24) is 5.32 Å². The van der Waals surface area contributed by atoms with E-state index in [4.69, 9.17) is 22.1 Å². The Morgan fingerprint density at radius 2 is 2.22 bits per heavy atom. The van der Waals surface area contributed by atoms with Crippen LogP contribution in [0.15, 0.2) is 18.2 Å². The quantitative estimate of drug-likeness (QED) is 0.844. The van der Waals surface area contributed by atoms with Gasteiger partial charge in [-0.3, -0.25) is 4.79 Å². The molecule has 0 bridgehead atoms. The molecule has 1 rings (SSSR count). The normalized spacial score (nSPS) is 9.50. The van der Waals surface area contributed by atoms with E-state index >= 15 is 0 Å². The summed E-state index contributed by atoms with van der Waals surface area (Å²) < 4.78 is 5.18. The van der Waals surface area contributed by atoms with Gasteiger partial charge in [-0.25, -0.2) is 0 Å². The van der Waals surface area contributed by atoms with Crippen LogP contribution in [0, 0.1) is 0 Å². The molecule has 0 aliphatic carbocycles. The second-order valence-corrected chi connectivity index (χ2v) is 4.06. The predicted molar refractivity (Wildman–Crippen MR) is 75.4 cm³/mol. The number of halogens is 2. The molecule has 0 saturated heterocycles. The van der Waals surface area contributed by atoms with Crippen LogP contribution in [0.25, 0.3) is 0 Å². The summed E-state index contributed by atoms with van der Waals surface area (Å²) in [7, 11) is 1.59. The highest BCUT2D eigenvalue weighted by atomic mass is 35.5. The molecule has 0 saturated carbocycles. The first-order valence-electron chi connectivity index (χ1n) is 5.46. The average molecular weight is 293 g/mol. The van der Waals surface area contributed by atoms with Crippen LogP contribution in [0.4, 0.5) is 0 Å². The van der Waals surface area contributed by atoms with Crippen LogP contribution in [0.3, 0.4) is 0 Å². The zero-order valence-electron chi connectivity index (χ0n) is 10.2. The van der Waals surface area contributed by atoms with E-state index in [-0.39, 0.29) is 18.3 Å². The highest BCUT2D eigenvalue weighted by molar-refractivity contribution is 6.30. The minimum atomic E-state index is -0.0162. The van der Waals surface area contributed by atoms with Crippen molar-refractivity contribution < 1.29 is 9.53 Å². The summed E-state index contributed by atoms with van der Waals surface area (Å²) in [5.41, 5.74) is 6.19. The number of benzene rings is 1. The average Bonchev–Trinajstić information content (AvgIpc) is 2.34. The lowest BCUT2D eigenvalue weighted by Crippen LogP contribution is -2.23.